The average Bonchev–Trinajstić information content (AvgIpc) is 2.74. The van der Waals surface area contributed by atoms with Crippen molar-refractivity contribution >= 4 is 31.6 Å². The van der Waals surface area contributed by atoms with Crippen LogP contribution in [-0.2, 0) is 28.2 Å². The lowest BCUT2D eigenvalue weighted by Gasteiger charge is -2.15. The van der Waals surface area contributed by atoms with Gasteiger partial charge in [-0.1, -0.05) is 36.2 Å². The molecule has 0 saturated carbocycles. The van der Waals surface area contributed by atoms with Gasteiger partial charge >= 0.3 is 14.4 Å². The van der Waals surface area contributed by atoms with E-state index >= 15 is 0 Å². The molecule has 0 heterocycles. The van der Waals surface area contributed by atoms with Gasteiger partial charge in [-0.25, -0.2) is 0 Å². The third-order valence-corrected chi connectivity index (χ3v) is 6.55. The molecule has 2 N–H and O–H groups in total. The molecule has 4 nitrogen and oxygen atoms in total. The normalized spacial score (nSPS) is 12.8. The SMILES string of the molecule is O=[PH](O)OCCCNCc1ccc(SCCCCCc2ccc(Cl)cc2)c(C(F)(F)F)c1. The van der Waals surface area contributed by atoms with Crippen molar-refractivity contribution in [3.05, 3.63) is 64.2 Å². The van der Waals surface area contributed by atoms with Gasteiger partial charge < -0.3 is 14.7 Å². The van der Waals surface area contributed by atoms with Crippen LogP contribution >= 0.6 is 31.6 Å². The number of aryl methyl sites for hydroxylation is 1. The molecule has 1 atom stereocenters. The highest BCUT2D eigenvalue weighted by Gasteiger charge is 2.33. The predicted octanol–water partition coefficient (Wildman–Crippen LogP) is 6.74. The molecule has 178 valence electrons. The molecule has 0 saturated heterocycles. The molecule has 2 rings (SSSR count). The Morgan fingerprint density at radius 3 is 2.44 bits per heavy atom. The predicted molar refractivity (Wildman–Crippen MR) is 125 cm³/mol. The molecule has 10 heteroatoms. The van der Waals surface area contributed by atoms with Crippen LogP contribution < -0.4 is 5.32 Å². The number of halogens is 4. The second kappa shape index (κ2) is 14.3. The van der Waals surface area contributed by atoms with Gasteiger partial charge in [0.15, 0.2) is 0 Å². The Hall–Kier alpha value is -1.02. The first-order chi connectivity index (χ1) is 15.3. The smallest absolute Gasteiger partial charge is 0.326 e. The van der Waals surface area contributed by atoms with E-state index in [1.54, 1.807) is 12.1 Å². The van der Waals surface area contributed by atoms with E-state index in [0.29, 0.717) is 29.3 Å². The van der Waals surface area contributed by atoms with Crippen LogP contribution in [0.2, 0.25) is 5.02 Å². The second-order valence-corrected chi connectivity index (χ2v) is 9.65. The van der Waals surface area contributed by atoms with Crippen LogP contribution in [-0.4, -0.2) is 23.8 Å². The van der Waals surface area contributed by atoms with Gasteiger partial charge in [0.05, 0.1) is 12.2 Å². The van der Waals surface area contributed by atoms with Crippen molar-refractivity contribution in [2.75, 3.05) is 18.9 Å². The summed E-state index contributed by atoms with van der Waals surface area (Å²) < 4.78 is 55.6. The van der Waals surface area contributed by atoms with Crippen LogP contribution in [0.5, 0.6) is 0 Å². The van der Waals surface area contributed by atoms with Crippen LogP contribution in [0.1, 0.15) is 42.4 Å². The molecule has 0 bridgehead atoms. The maximum Gasteiger partial charge on any atom is 0.417 e. The van der Waals surface area contributed by atoms with E-state index in [1.807, 2.05) is 24.3 Å². The molecule has 0 aliphatic rings. The Morgan fingerprint density at radius 2 is 1.75 bits per heavy atom. The number of hydrogen-bond donors (Lipinski definition) is 2. The Kier molecular flexibility index (Phi) is 12.2. The van der Waals surface area contributed by atoms with Crippen molar-refractivity contribution in [1.82, 2.24) is 5.32 Å². The quantitative estimate of drug-likeness (QED) is 0.168. The monoisotopic (exact) mass is 509 g/mol. The number of thioether (sulfide) groups is 1. The zero-order valence-electron chi connectivity index (χ0n) is 17.6. The summed E-state index contributed by atoms with van der Waals surface area (Å²) in [4.78, 5) is 8.82. The van der Waals surface area contributed by atoms with Gasteiger partial charge in [0, 0.05) is 16.5 Å². The molecule has 1 unspecified atom stereocenters. The first-order valence-corrected chi connectivity index (χ1v) is 13.0. The maximum atomic E-state index is 13.5. The summed E-state index contributed by atoms with van der Waals surface area (Å²) >= 11 is 7.12. The number of alkyl halides is 3. The summed E-state index contributed by atoms with van der Waals surface area (Å²) in [7, 11) is -2.94. The van der Waals surface area contributed by atoms with Gasteiger partial charge in [-0.05, 0) is 73.4 Å². The first-order valence-electron chi connectivity index (χ1n) is 10.4. The lowest BCUT2D eigenvalue weighted by atomic mass is 10.1. The fraction of sp³-hybridized carbons (Fsp3) is 0.455. The van der Waals surface area contributed by atoms with Crippen LogP contribution in [0.25, 0.3) is 0 Å². The lowest BCUT2D eigenvalue weighted by Crippen LogP contribution is -2.17. The van der Waals surface area contributed by atoms with E-state index in [0.717, 1.165) is 25.7 Å². The lowest BCUT2D eigenvalue weighted by molar-refractivity contribution is -0.139. The maximum absolute atomic E-state index is 13.5. The standard InChI is InChI=1S/C22H28ClF3NO3PS/c23-19-9-6-17(7-10-19)5-2-1-3-14-32-21-11-8-18(15-20(21)22(24,25)26)16-27-12-4-13-30-31(28)29/h6-11,15,27,31H,1-5,12-14,16H2,(H,28,29). The zero-order valence-corrected chi connectivity index (χ0v) is 20.2. The highest BCUT2D eigenvalue weighted by atomic mass is 35.5. The van der Waals surface area contributed by atoms with Crippen LogP contribution in [0.15, 0.2) is 47.4 Å². The van der Waals surface area contributed by atoms with Crippen molar-refractivity contribution in [2.24, 2.45) is 0 Å². The van der Waals surface area contributed by atoms with Gasteiger partial charge in [0.1, 0.15) is 0 Å². The minimum Gasteiger partial charge on any atom is -0.326 e. The Bertz CT molecular complexity index is 853. The van der Waals surface area contributed by atoms with Crippen molar-refractivity contribution in [2.45, 2.75) is 49.7 Å². The summed E-state index contributed by atoms with van der Waals surface area (Å²) in [5.74, 6) is 0.634. The third-order valence-electron chi connectivity index (χ3n) is 4.68. The molecule has 0 radical (unpaired) electrons. The van der Waals surface area contributed by atoms with Gasteiger partial charge in [-0.15, -0.1) is 11.8 Å². The fourth-order valence-electron chi connectivity index (χ4n) is 3.07. The van der Waals surface area contributed by atoms with E-state index in [1.165, 1.54) is 23.4 Å². The average molecular weight is 510 g/mol. The molecule has 0 fully saturated rings. The number of rotatable bonds is 14. The summed E-state index contributed by atoms with van der Waals surface area (Å²) in [6.07, 6.45) is -0.194. The molecule has 0 aromatic heterocycles. The van der Waals surface area contributed by atoms with Gasteiger partial charge in [-0.2, -0.15) is 13.2 Å². The number of benzene rings is 2. The topological polar surface area (TPSA) is 58.6 Å². The van der Waals surface area contributed by atoms with Crippen LogP contribution in [0.4, 0.5) is 13.2 Å². The van der Waals surface area contributed by atoms with E-state index in [-0.39, 0.29) is 18.0 Å². The van der Waals surface area contributed by atoms with E-state index < -0.39 is 20.0 Å². The highest BCUT2D eigenvalue weighted by molar-refractivity contribution is 7.99. The van der Waals surface area contributed by atoms with Crippen molar-refractivity contribution < 1.29 is 27.2 Å². The minimum atomic E-state index is -4.41. The summed E-state index contributed by atoms with van der Waals surface area (Å²) in [5.41, 5.74) is 1.15. The minimum absolute atomic E-state index is 0.129. The van der Waals surface area contributed by atoms with Crippen molar-refractivity contribution in [3.8, 4) is 0 Å². The number of nitrogens with one attached hydrogen (secondary N) is 1. The number of hydrogen-bond acceptors (Lipinski definition) is 4. The van der Waals surface area contributed by atoms with Crippen LogP contribution in [0, 0.1) is 0 Å². The van der Waals surface area contributed by atoms with E-state index in [9.17, 15) is 17.7 Å². The van der Waals surface area contributed by atoms with Gasteiger partial charge in [0.2, 0.25) is 0 Å². The zero-order chi connectivity index (χ0) is 23.4. The highest BCUT2D eigenvalue weighted by Crippen LogP contribution is 2.37. The second-order valence-electron chi connectivity index (χ2n) is 7.26. The molecule has 0 amide bonds. The first kappa shape index (κ1) is 27.2. The molecule has 2 aromatic rings. The van der Waals surface area contributed by atoms with E-state index in [4.69, 9.17) is 16.5 Å². The Labute approximate surface area is 196 Å². The third kappa shape index (κ3) is 10.7. The fourth-order valence-corrected chi connectivity index (χ4v) is 4.57. The Morgan fingerprint density at radius 1 is 1.03 bits per heavy atom. The van der Waals surface area contributed by atoms with Crippen molar-refractivity contribution in [3.63, 3.8) is 0 Å². The van der Waals surface area contributed by atoms with Crippen molar-refractivity contribution in [1.29, 1.82) is 0 Å². The van der Waals surface area contributed by atoms with Gasteiger partial charge in [-0.3, -0.25) is 4.57 Å². The molecule has 0 spiro atoms. The number of unbranched alkanes of at least 4 members (excludes halogenated alkanes) is 2. The largest absolute Gasteiger partial charge is 0.417 e. The summed E-state index contributed by atoms with van der Waals surface area (Å²) in [6, 6.07) is 12.1. The molecule has 32 heavy (non-hydrogen) atoms. The summed E-state index contributed by atoms with van der Waals surface area (Å²) in [5, 5.41) is 3.73. The molecule has 0 aliphatic heterocycles. The Balaban J connectivity index is 1.76. The van der Waals surface area contributed by atoms with E-state index in [2.05, 4.69) is 9.84 Å². The molecule has 2 aromatic carbocycles. The van der Waals surface area contributed by atoms with Gasteiger partial charge in [0.25, 0.3) is 0 Å². The molecular weight excluding hydrogens is 482 g/mol. The molecular formula is C22H28ClF3NO3PS. The summed E-state index contributed by atoms with van der Waals surface area (Å²) in [6.45, 7) is 0.889. The molecule has 0 aliphatic carbocycles. The van der Waals surface area contributed by atoms with Crippen LogP contribution in [0.3, 0.4) is 0 Å².